The molecular weight excluding hydrogens is 214 g/mol. The number of ether oxygens (including phenoxy) is 2. The van der Waals surface area contributed by atoms with Crippen LogP contribution in [0.4, 0.5) is 0 Å². The topological polar surface area (TPSA) is 21.7 Å². The first-order valence-electron chi connectivity index (χ1n) is 5.92. The second-order valence-electron chi connectivity index (χ2n) is 4.38. The molecule has 0 N–H and O–H groups in total. The average molecular weight is 233 g/mol. The molecule has 1 aliphatic rings. The molecule has 1 saturated heterocycles. The zero-order valence-corrected chi connectivity index (χ0v) is 10.4. The van der Waals surface area contributed by atoms with E-state index in [1.165, 1.54) is 5.56 Å². The van der Waals surface area contributed by atoms with Crippen molar-refractivity contribution in [2.24, 2.45) is 0 Å². The Kier molecular flexibility index (Phi) is 4.04. The number of morpholine rings is 1. The van der Waals surface area contributed by atoms with E-state index in [2.05, 4.69) is 31.0 Å². The summed E-state index contributed by atoms with van der Waals surface area (Å²) < 4.78 is 11.1. The van der Waals surface area contributed by atoms with E-state index < -0.39 is 0 Å². The van der Waals surface area contributed by atoms with E-state index in [0.717, 1.165) is 12.3 Å². The number of likely N-dealkylation sites (N-methyl/N-ethyl adjacent to an activating group) is 1. The van der Waals surface area contributed by atoms with Crippen molar-refractivity contribution >= 4 is 0 Å². The lowest BCUT2D eigenvalue weighted by molar-refractivity contribution is 0.0408. The maximum absolute atomic E-state index is 5.59. The van der Waals surface area contributed by atoms with Gasteiger partial charge in [-0.3, -0.25) is 0 Å². The van der Waals surface area contributed by atoms with Gasteiger partial charge in [0.2, 0.25) is 0 Å². The van der Waals surface area contributed by atoms with Crippen molar-refractivity contribution in [2.45, 2.75) is 19.6 Å². The molecule has 1 fully saturated rings. The maximum atomic E-state index is 5.59. The van der Waals surface area contributed by atoms with Crippen LogP contribution in [0.25, 0.3) is 0 Å². The summed E-state index contributed by atoms with van der Waals surface area (Å²) in [6.07, 6.45) is 1.81. The van der Waals surface area contributed by atoms with Crippen LogP contribution in [0.1, 0.15) is 12.5 Å². The van der Waals surface area contributed by atoms with E-state index in [0.29, 0.717) is 19.3 Å². The van der Waals surface area contributed by atoms with Gasteiger partial charge in [-0.05, 0) is 12.5 Å². The zero-order chi connectivity index (χ0) is 12.1. The van der Waals surface area contributed by atoms with Crippen molar-refractivity contribution in [1.82, 2.24) is 4.90 Å². The number of rotatable bonds is 3. The lowest BCUT2D eigenvalue weighted by atomic mass is 10.2. The second kappa shape index (κ2) is 5.73. The Labute approximate surface area is 103 Å². The second-order valence-corrected chi connectivity index (χ2v) is 4.38. The number of benzene rings is 1. The lowest BCUT2D eigenvalue weighted by Gasteiger charge is -2.33. The van der Waals surface area contributed by atoms with Gasteiger partial charge >= 0.3 is 0 Å². The highest BCUT2D eigenvalue weighted by Gasteiger charge is 2.18. The highest BCUT2D eigenvalue weighted by Crippen LogP contribution is 2.14. The minimum atomic E-state index is 0.412. The van der Waals surface area contributed by atoms with Gasteiger partial charge in [0.25, 0.3) is 0 Å². The van der Waals surface area contributed by atoms with E-state index >= 15 is 0 Å². The van der Waals surface area contributed by atoms with E-state index in [4.69, 9.17) is 9.47 Å². The Morgan fingerprint density at radius 2 is 2.18 bits per heavy atom. The van der Waals surface area contributed by atoms with Crippen molar-refractivity contribution in [1.29, 1.82) is 0 Å². The predicted molar refractivity (Wildman–Crippen MR) is 67.4 cm³/mol. The van der Waals surface area contributed by atoms with Crippen molar-refractivity contribution < 1.29 is 9.47 Å². The van der Waals surface area contributed by atoms with Crippen LogP contribution in [-0.4, -0.2) is 31.2 Å². The summed E-state index contributed by atoms with van der Waals surface area (Å²) in [5, 5.41) is 0. The summed E-state index contributed by atoms with van der Waals surface area (Å²) >= 11 is 0. The lowest BCUT2D eigenvalue weighted by Crippen LogP contribution is -2.39. The Hall–Kier alpha value is -1.48. The summed E-state index contributed by atoms with van der Waals surface area (Å²) in [5.74, 6) is 0. The Bertz CT molecular complexity index is 375. The molecule has 0 saturated carbocycles. The monoisotopic (exact) mass is 233 g/mol. The first-order valence-corrected chi connectivity index (χ1v) is 5.92. The fraction of sp³-hybridized carbons (Fsp3) is 0.429. The summed E-state index contributed by atoms with van der Waals surface area (Å²) in [7, 11) is 2.07. The van der Waals surface area contributed by atoms with Crippen molar-refractivity contribution in [3.63, 3.8) is 0 Å². The molecule has 92 valence electrons. The Morgan fingerprint density at radius 1 is 1.41 bits per heavy atom. The van der Waals surface area contributed by atoms with Gasteiger partial charge in [-0.25, -0.2) is 0 Å². The molecule has 0 amide bonds. The molecule has 1 heterocycles. The van der Waals surface area contributed by atoms with E-state index in [1.807, 2.05) is 24.5 Å². The van der Waals surface area contributed by atoms with Gasteiger partial charge in [0.05, 0.1) is 18.9 Å². The van der Waals surface area contributed by atoms with Crippen molar-refractivity contribution in [3.05, 3.63) is 47.9 Å². The van der Waals surface area contributed by atoms with Crippen LogP contribution in [0, 0.1) is 0 Å². The molecule has 0 bridgehead atoms. The maximum Gasteiger partial charge on any atom is 0.113 e. The molecule has 3 nitrogen and oxygen atoms in total. The van der Waals surface area contributed by atoms with E-state index in [1.54, 1.807) is 0 Å². The largest absolute Gasteiger partial charge is 0.495 e. The molecule has 1 atom stereocenters. The standard InChI is InChI=1S/C14H19NO2/c1-12-8-16-10-14(15(12)2)11-17-9-13-6-4-3-5-7-13/h3-7,11-12H,8-10H2,1-2H3/b14-11+. The molecule has 0 aliphatic carbocycles. The predicted octanol–water partition coefficient (Wildman–Crippen LogP) is 2.40. The molecule has 0 aromatic heterocycles. The molecule has 1 unspecified atom stereocenters. The van der Waals surface area contributed by atoms with Crippen LogP contribution < -0.4 is 0 Å². The fourth-order valence-corrected chi connectivity index (χ4v) is 1.76. The van der Waals surface area contributed by atoms with Crippen LogP contribution in [0.3, 0.4) is 0 Å². The Balaban J connectivity index is 1.88. The first kappa shape index (κ1) is 12.0. The SMILES string of the molecule is CC1COC/C(=C\OCc2ccccc2)N1C. The molecule has 1 aromatic carbocycles. The number of nitrogens with zero attached hydrogens (tertiary/aromatic N) is 1. The summed E-state index contributed by atoms with van der Waals surface area (Å²) in [6, 6.07) is 10.6. The van der Waals surface area contributed by atoms with Gasteiger partial charge in [0, 0.05) is 13.1 Å². The smallest absolute Gasteiger partial charge is 0.113 e. The van der Waals surface area contributed by atoms with Crippen LogP contribution in [-0.2, 0) is 16.1 Å². The molecule has 0 radical (unpaired) electrons. The number of hydrogen-bond acceptors (Lipinski definition) is 3. The zero-order valence-electron chi connectivity index (χ0n) is 10.4. The van der Waals surface area contributed by atoms with E-state index in [-0.39, 0.29) is 0 Å². The minimum Gasteiger partial charge on any atom is -0.495 e. The van der Waals surface area contributed by atoms with Gasteiger partial charge in [-0.15, -0.1) is 0 Å². The fourth-order valence-electron chi connectivity index (χ4n) is 1.76. The normalized spacial score (nSPS) is 22.8. The van der Waals surface area contributed by atoms with Crippen LogP contribution in [0.5, 0.6) is 0 Å². The summed E-state index contributed by atoms with van der Waals surface area (Å²) in [5.41, 5.74) is 2.27. The van der Waals surface area contributed by atoms with Gasteiger partial charge in [0.15, 0.2) is 0 Å². The third kappa shape index (κ3) is 3.24. The van der Waals surface area contributed by atoms with E-state index in [9.17, 15) is 0 Å². The van der Waals surface area contributed by atoms with Gasteiger partial charge in [-0.1, -0.05) is 30.3 Å². The minimum absolute atomic E-state index is 0.412. The summed E-state index contributed by atoms with van der Waals surface area (Å²) in [6.45, 7) is 4.17. The average Bonchev–Trinajstić information content (AvgIpc) is 2.36. The highest BCUT2D eigenvalue weighted by molar-refractivity contribution is 5.13. The Morgan fingerprint density at radius 3 is 2.94 bits per heavy atom. The third-order valence-corrected chi connectivity index (χ3v) is 3.04. The molecule has 1 aromatic rings. The van der Waals surface area contributed by atoms with Crippen LogP contribution >= 0.6 is 0 Å². The van der Waals surface area contributed by atoms with Gasteiger partial charge in [-0.2, -0.15) is 0 Å². The van der Waals surface area contributed by atoms with Crippen molar-refractivity contribution in [3.8, 4) is 0 Å². The van der Waals surface area contributed by atoms with Gasteiger partial charge < -0.3 is 14.4 Å². The molecule has 1 aliphatic heterocycles. The molecule has 17 heavy (non-hydrogen) atoms. The van der Waals surface area contributed by atoms with Crippen LogP contribution in [0.2, 0.25) is 0 Å². The quantitative estimate of drug-likeness (QED) is 0.748. The molecule has 3 heteroatoms. The molecular formula is C14H19NO2. The summed E-state index contributed by atoms with van der Waals surface area (Å²) in [4.78, 5) is 2.20. The van der Waals surface area contributed by atoms with Gasteiger partial charge in [0.1, 0.15) is 12.9 Å². The molecule has 0 spiro atoms. The highest BCUT2D eigenvalue weighted by atomic mass is 16.5. The van der Waals surface area contributed by atoms with Crippen molar-refractivity contribution in [2.75, 3.05) is 20.3 Å². The first-order chi connectivity index (χ1) is 8.27. The molecule has 2 rings (SSSR count). The van der Waals surface area contributed by atoms with Crippen LogP contribution in [0.15, 0.2) is 42.3 Å². The number of hydrogen-bond donors (Lipinski definition) is 0. The third-order valence-electron chi connectivity index (χ3n) is 3.04.